The average molecular weight is 329 g/mol. The first-order valence-electron chi connectivity index (χ1n) is 8.41. The first-order valence-corrected chi connectivity index (χ1v) is 8.41. The Morgan fingerprint density at radius 3 is 2.92 bits per heavy atom. The van der Waals surface area contributed by atoms with E-state index in [9.17, 15) is 4.79 Å². The minimum Gasteiger partial charge on any atom is -0.456 e. The van der Waals surface area contributed by atoms with Crippen LogP contribution in [0.4, 0.5) is 0 Å². The molecule has 0 radical (unpaired) electrons. The maximum Gasteiger partial charge on any atom is 0.323 e. The summed E-state index contributed by atoms with van der Waals surface area (Å²) >= 11 is 0. The summed E-state index contributed by atoms with van der Waals surface area (Å²) in [6, 6.07) is 8.10. The normalized spacial score (nSPS) is 15.8. The Labute approximate surface area is 141 Å². The fourth-order valence-electron chi connectivity index (χ4n) is 2.97. The van der Waals surface area contributed by atoms with E-state index in [1.807, 2.05) is 19.9 Å². The molecule has 0 amide bonds. The summed E-state index contributed by atoms with van der Waals surface area (Å²) < 4.78 is 7.11. The number of aromatic nitrogens is 4. The molecular formula is C17H23N5O2. The van der Waals surface area contributed by atoms with Crippen molar-refractivity contribution in [1.82, 2.24) is 25.1 Å². The second kappa shape index (κ2) is 7.53. The maximum absolute atomic E-state index is 12.4. The first-order chi connectivity index (χ1) is 11.7. The topological polar surface area (TPSA) is 73.1 Å². The van der Waals surface area contributed by atoms with E-state index in [2.05, 4.69) is 38.6 Å². The maximum atomic E-state index is 12.4. The van der Waals surface area contributed by atoms with Crippen molar-refractivity contribution in [3.63, 3.8) is 0 Å². The third-order valence-corrected chi connectivity index (χ3v) is 4.43. The van der Waals surface area contributed by atoms with Crippen LogP contribution in [0, 0.1) is 0 Å². The molecule has 24 heavy (non-hydrogen) atoms. The zero-order valence-electron chi connectivity index (χ0n) is 14.2. The van der Waals surface area contributed by atoms with Crippen LogP contribution in [0.3, 0.4) is 0 Å². The largest absolute Gasteiger partial charge is 0.456 e. The van der Waals surface area contributed by atoms with E-state index >= 15 is 0 Å². The molecule has 0 saturated carbocycles. The van der Waals surface area contributed by atoms with Gasteiger partial charge in [0.2, 0.25) is 0 Å². The van der Waals surface area contributed by atoms with Crippen molar-refractivity contribution in [2.45, 2.75) is 52.4 Å². The SMILES string of the molecule is CCCn1nnnc1COC(=O)[C@@H](C)N1CCc2ccccc2C1. The number of carbonyl (C=O) groups excluding carboxylic acids is 1. The molecule has 0 spiro atoms. The van der Waals surface area contributed by atoms with Gasteiger partial charge in [-0.2, -0.15) is 0 Å². The van der Waals surface area contributed by atoms with E-state index in [4.69, 9.17) is 4.74 Å². The Kier molecular flexibility index (Phi) is 5.20. The van der Waals surface area contributed by atoms with Crippen LogP contribution in [0.5, 0.6) is 0 Å². The van der Waals surface area contributed by atoms with Crippen molar-refractivity contribution in [3.8, 4) is 0 Å². The van der Waals surface area contributed by atoms with E-state index < -0.39 is 0 Å². The monoisotopic (exact) mass is 329 g/mol. The molecule has 3 rings (SSSR count). The smallest absolute Gasteiger partial charge is 0.323 e. The molecule has 0 fully saturated rings. The number of esters is 1. The van der Waals surface area contributed by atoms with Crippen molar-refractivity contribution in [3.05, 3.63) is 41.2 Å². The van der Waals surface area contributed by atoms with Gasteiger partial charge in [0, 0.05) is 19.6 Å². The van der Waals surface area contributed by atoms with Crippen molar-refractivity contribution < 1.29 is 9.53 Å². The molecule has 1 atom stereocenters. The van der Waals surface area contributed by atoms with Gasteiger partial charge >= 0.3 is 5.97 Å². The number of hydrogen-bond acceptors (Lipinski definition) is 6. The number of carbonyl (C=O) groups is 1. The minimum atomic E-state index is -0.283. The third kappa shape index (κ3) is 3.62. The van der Waals surface area contributed by atoms with Gasteiger partial charge in [-0.15, -0.1) is 5.10 Å². The van der Waals surface area contributed by atoms with Gasteiger partial charge in [0.05, 0.1) is 0 Å². The first kappa shape index (κ1) is 16.6. The summed E-state index contributed by atoms with van der Waals surface area (Å²) in [7, 11) is 0. The summed E-state index contributed by atoms with van der Waals surface area (Å²) in [4.78, 5) is 14.5. The number of aryl methyl sites for hydroxylation is 1. The Hall–Kier alpha value is -2.28. The van der Waals surface area contributed by atoms with Crippen LogP contribution in [0.2, 0.25) is 0 Å². The summed E-state index contributed by atoms with van der Waals surface area (Å²) in [6.45, 7) is 6.42. The molecule has 0 N–H and O–H groups in total. The van der Waals surface area contributed by atoms with Crippen LogP contribution in [-0.4, -0.2) is 43.7 Å². The van der Waals surface area contributed by atoms with Crippen LogP contribution in [0.1, 0.15) is 37.2 Å². The zero-order valence-corrected chi connectivity index (χ0v) is 14.2. The van der Waals surface area contributed by atoms with Crippen LogP contribution < -0.4 is 0 Å². The highest BCUT2D eigenvalue weighted by molar-refractivity contribution is 5.75. The summed E-state index contributed by atoms with van der Waals surface area (Å²) in [5.74, 6) is 0.349. The lowest BCUT2D eigenvalue weighted by molar-refractivity contribution is -0.151. The molecule has 2 heterocycles. The number of hydrogen-bond donors (Lipinski definition) is 0. The van der Waals surface area contributed by atoms with Crippen molar-refractivity contribution in [2.75, 3.05) is 6.54 Å². The number of fused-ring (bicyclic) bond motifs is 1. The molecule has 1 aliphatic rings. The predicted octanol–water partition coefficient (Wildman–Crippen LogP) is 1.57. The molecule has 7 nitrogen and oxygen atoms in total. The van der Waals surface area contributed by atoms with Crippen LogP contribution >= 0.6 is 0 Å². The molecular weight excluding hydrogens is 306 g/mol. The summed E-state index contributed by atoms with van der Waals surface area (Å²) in [5, 5.41) is 11.5. The van der Waals surface area contributed by atoms with E-state index in [1.54, 1.807) is 4.68 Å². The zero-order chi connectivity index (χ0) is 16.9. The lowest BCUT2D eigenvalue weighted by Crippen LogP contribution is -2.42. The third-order valence-electron chi connectivity index (χ3n) is 4.43. The van der Waals surface area contributed by atoms with Gasteiger partial charge in [-0.25, -0.2) is 4.68 Å². The Morgan fingerprint density at radius 1 is 1.33 bits per heavy atom. The number of nitrogens with zero attached hydrogens (tertiary/aromatic N) is 5. The van der Waals surface area contributed by atoms with Crippen LogP contribution in [-0.2, 0) is 35.6 Å². The molecule has 1 aliphatic heterocycles. The van der Waals surface area contributed by atoms with E-state index in [1.165, 1.54) is 11.1 Å². The van der Waals surface area contributed by atoms with Gasteiger partial charge in [-0.05, 0) is 41.3 Å². The van der Waals surface area contributed by atoms with E-state index in [0.717, 1.165) is 32.5 Å². The number of benzene rings is 1. The highest BCUT2D eigenvalue weighted by Crippen LogP contribution is 2.20. The predicted molar refractivity (Wildman–Crippen MR) is 87.9 cm³/mol. The molecule has 7 heteroatoms. The Bertz CT molecular complexity index is 700. The van der Waals surface area contributed by atoms with Gasteiger partial charge in [0.25, 0.3) is 0 Å². The molecule has 1 aromatic heterocycles. The van der Waals surface area contributed by atoms with E-state index in [-0.39, 0.29) is 18.6 Å². The minimum absolute atomic E-state index is 0.112. The lowest BCUT2D eigenvalue weighted by atomic mass is 9.99. The van der Waals surface area contributed by atoms with Crippen molar-refractivity contribution >= 4 is 5.97 Å². The molecule has 0 bridgehead atoms. The highest BCUT2D eigenvalue weighted by Gasteiger charge is 2.26. The molecule has 2 aromatic rings. The molecule has 0 unspecified atom stereocenters. The quantitative estimate of drug-likeness (QED) is 0.749. The summed E-state index contributed by atoms with van der Waals surface area (Å²) in [6.07, 6.45) is 1.89. The second-order valence-electron chi connectivity index (χ2n) is 6.09. The van der Waals surface area contributed by atoms with Gasteiger partial charge in [-0.1, -0.05) is 31.2 Å². The Balaban J connectivity index is 1.56. The van der Waals surface area contributed by atoms with Crippen LogP contribution in [0.25, 0.3) is 0 Å². The lowest BCUT2D eigenvalue weighted by Gasteiger charge is -2.32. The Morgan fingerprint density at radius 2 is 2.12 bits per heavy atom. The molecule has 128 valence electrons. The number of rotatable bonds is 6. The van der Waals surface area contributed by atoms with Crippen molar-refractivity contribution in [1.29, 1.82) is 0 Å². The highest BCUT2D eigenvalue weighted by atomic mass is 16.5. The van der Waals surface area contributed by atoms with Gasteiger partial charge in [0.1, 0.15) is 6.04 Å². The van der Waals surface area contributed by atoms with Gasteiger partial charge < -0.3 is 4.74 Å². The molecule has 0 saturated heterocycles. The van der Waals surface area contributed by atoms with Crippen molar-refractivity contribution in [2.24, 2.45) is 0 Å². The van der Waals surface area contributed by atoms with E-state index in [0.29, 0.717) is 5.82 Å². The summed E-state index contributed by atoms with van der Waals surface area (Å²) in [5.41, 5.74) is 2.66. The fourth-order valence-corrected chi connectivity index (χ4v) is 2.97. The number of tetrazole rings is 1. The molecule has 0 aliphatic carbocycles. The fraction of sp³-hybridized carbons (Fsp3) is 0.529. The number of ether oxygens (including phenoxy) is 1. The average Bonchev–Trinajstić information content (AvgIpc) is 3.06. The van der Waals surface area contributed by atoms with Crippen LogP contribution in [0.15, 0.2) is 24.3 Å². The second-order valence-corrected chi connectivity index (χ2v) is 6.09. The standard InChI is InChI=1S/C17H23N5O2/c1-3-9-22-16(18-19-20-22)12-24-17(23)13(2)21-10-8-14-6-4-5-7-15(14)11-21/h4-7,13H,3,8-12H2,1-2H3/t13-/m1/s1. The van der Waals surface area contributed by atoms with Gasteiger partial charge in [0.15, 0.2) is 12.4 Å². The molecule has 1 aromatic carbocycles. The van der Waals surface area contributed by atoms with Gasteiger partial charge in [-0.3, -0.25) is 9.69 Å².